The van der Waals surface area contributed by atoms with Crippen molar-refractivity contribution in [2.24, 2.45) is 5.92 Å². The standard InChI is InChI=1S/C15H23N3O2S/c1-10-8-12(18-21-10)13(19)17-15(2,3)14(20)16-9-11-6-4-5-7-11/h8,11H,4-7,9H2,1-3H3,(H,16,20)(H,17,19). The molecule has 2 amide bonds. The van der Waals surface area contributed by atoms with Crippen molar-refractivity contribution in [1.29, 1.82) is 0 Å². The molecule has 0 atom stereocenters. The van der Waals surface area contributed by atoms with Gasteiger partial charge in [0.05, 0.1) is 0 Å². The van der Waals surface area contributed by atoms with Crippen LogP contribution in [0.4, 0.5) is 0 Å². The van der Waals surface area contributed by atoms with Crippen LogP contribution in [-0.2, 0) is 4.79 Å². The fourth-order valence-corrected chi connectivity index (χ4v) is 3.09. The largest absolute Gasteiger partial charge is 0.354 e. The summed E-state index contributed by atoms with van der Waals surface area (Å²) in [7, 11) is 0. The number of aryl methyl sites for hydroxylation is 1. The fourth-order valence-electron chi connectivity index (χ4n) is 2.55. The molecule has 0 bridgehead atoms. The van der Waals surface area contributed by atoms with Crippen LogP contribution >= 0.6 is 11.5 Å². The van der Waals surface area contributed by atoms with Crippen LogP contribution in [0, 0.1) is 12.8 Å². The summed E-state index contributed by atoms with van der Waals surface area (Å²) in [5.41, 5.74) is -0.568. The molecule has 1 fully saturated rings. The van der Waals surface area contributed by atoms with Gasteiger partial charge in [-0.15, -0.1) is 0 Å². The Bertz CT molecular complexity index is 519. The molecular weight excluding hydrogens is 286 g/mol. The Labute approximate surface area is 129 Å². The van der Waals surface area contributed by atoms with E-state index in [1.54, 1.807) is 19.9 Å². The van der Waals surface area contributed by atoms with Gasteiger partial charge in [0, 0.05) is 11.4 Å². The summed E-state index contributed by atoms with van der Waals surface area (Å²) in [6.45, 7) is 6.03. The van der Waals surface area contributed by atoms with Crippen molar-refractivity contribution in [2.45, 2.75) is 52.0 Å². The molecule has 0 aromatic carbocycles. The molecule has 2 N–H and O–H groups in total. The Balaban J connectivity index is 1.87. The third kappa shape index (κ3) is 4.27. The van der Waals surface area contributed by atoms with Crippen molar-refractivity contribution in [1.82, 2.24) is 15.0 Å². The Morgan fingerprint density at radius 3 is 2.62 bits per heavy atom. The smallest absolute Gasteiger partial charge is 0.271 e. The molecule has 0 unspecified atom stereocenters. The third-order valence-electron chi connectivity index (χ3n) is 3.88. The van der Waals surface area contributed by atoms with Gasteiger partial charge < -0.3 is 10.6 Å². The van der Waals surface area contributed by atoms with Gasteiger partial charge in [-0.25, -0.2) is 0 Å². The first-order chi connectivity index (χ1) is 9.88. The molecule has 6 heteroatoms. The summed E-state index contributed by atoms with van der Waals surface area (Å²) in [5.74, 6) is 0.136. The number of amides is 2. The van der Waals surface area contributed by atoms with Crippen LogP contribution in [0.5, 0.6) is 0 Å². The molecule has 1 aliphatic carbocycles. The number of rotatable bonds is 5. The van der Waals surface area contributed by atoms with Crippen molar-refractivity contribution in [3.63, 3.8) is 0 Å². The first-order valence-electron chi connectivity index (χ1n) is 7.42. The molecule has 0 saturated heterocycles. The highest BCUT2D eigenvalue weighted by atomic mass is 32.1. The molecule has 1 heterocycles. The van der Waals surface area contributed by atoms with Gasteiger partial charge in [0.25, 0.3) is 5.91 Å². The van der Waals surface area contributed by atoms with Crippen molar-refractivity contribution in [2.75, 3.05) is 6.54 Å². The molecule has 2 rings (SSSR count). The molecule has 1 aliphatic rings. The normalized spacial score (nSPS) is 16.0. The van der Waals surface area contributed by atoms with Gasteiger partial charge in [0.1, 0.15) is 11.2 Å². The van der Waals surface area contributed by atoms with E-state index < -0.39 is 5.54 Å². The maximum absolute atomic E-state index is 12.2. The van der Waals surface area contributed by atoms with Gasteiger partial charge in [-0.1, -0.05) is 12.8 Å². The summed E-state index contributed by atoms with van der Waals surface area (Å²) in [4.78, 5) is 25.3. The predicted molar refractivity (Wildman–Crippen MR) is 83.4 cm³/mol. The zero-order valence-electron chi connectivity index (χ0n) is 12.9. The highest BCUT2D eigenvalue weighted by molar-refractivity contribution is 7.05. The number of nitrogens with zero attached hydrogens (tertiary/aromatic N) is 1. The molecule has 0 spiro atoms. The molecule has 21 heavy (non-hydrogen) atoms. The Morgan fingerprint density at radius 1 is 1.38 bits per heavy atom. The topological polar surface area (TPSA) is 71.1 Å². The van der Waals surface area contributed by atoms with Gasteiger partial charge in [-0.05, 0) is 57.1 Å². The van der Waals surface area contributed by atoms with E-state index in [4.69, 9.17) is 0 Å². The lowest BCUT2D eigenvalue weighted by Gasteiger charge is -2.25. The zero-order valence-corrected chi connectivity index (χ0v) is 13.7. The second-order valence-electron chi connectivity index (χ2n) is 6.26. The van der Waals surface area contributed by atoms with E-state index in [0.717, 1.165) is 4.88 Å². The van der Waals surface area contributed by atoms with Gasteiger partial charge in [-0.2, -0.15) is 4.37 Å². The lowest BCUT2D eigenvalue weighted by molar-refractivity contribution is -0.126. The monoisotopic (exact) mass is 309 g/mol. The van der Waals surface area contributed by atoms with Crippen molar-refractivity contribution in [3.05, 3.63) is 16.6 Å². The van der Waals surface area contributed by atoms with Gasteiger partial charge in [0.2, 0.25) is 5.91 Å². The first kappa shape index (κ1) is 15.9. The highest BCUT2D eigenvalue weighted by Gasteiger charge is 2.31. The quantitative estimate of drug-likeness (QED) is 0.876. The van der Waals surface area contributed by atoms with Crippen LogP contribution in [0.25, 0.3) is 0 Å². The van der Waals surface area contributed by atoms with E-state index >= 15 is 0 Å². The van der Waals surface area contributed by atoms with E-state index in [0.29, 0.717) is 18.2 Å². The zero-order chi connectivity index (χ0) is 15.5. The maximum Gasteiger partial charge on any atom is 0.271 e. The predicted octanol–water partition coefficient (Wildman–Crippen LogP) is 2.27. The van der Waals surface area contributed by atoms with Gasteiger partial charge in [-0.3, -0.25) is 9.59 Å². The maximum atomic E-state index is 12.2. The number of hydrogen-bond donors (Lipinski definition) is 2. The van der Waals surface area contributed by atoms with Gasteiger partial charge >= 0.3 is 0 Å². The van der Waals surface area contributed by atoms with E-state index in [-0.39, 0.29) is 11.8 Å². The lowest BCUT2D eigenvalue weighted by atomic mass is 10.0. The minimum absolute atomic E-state index is 0.144. The minimum Gasteiger partial charge on any atom is -0.354 e. The number of nitrogens with one attached hydrogen (secondary N) is 2. The average molecular weight is 309 g/mol. The van der Waals surface area contributed by atoms with E-state index in [1.807, 2.05) is 6.92 Å². The molecule has 5 nitrogen and oxygen atoms in total. The molecule has 1 aromatic heterocycles. The molecule has 116 valence electrons. The van der Waals surface area contributed by atoms with Crippen LogP contribution in [-0.4, -0.2) is 28.3 Å². The van der Waals surface area contributed by atoms with Crippen LogP contribution in [0.2, 0.25) is 0 Å². The molecule has 0 radical (unpaired) electrons. The number of carbonyl (C=O) groups excluding carboxylic acids is 2. The fraction of sp³-hybridized carbons (Fsp3) is 0.667. The first-order valence-corrected chi connectivity index (χ1v) is 8.20. The lowest BCUT2D eigenvalue weighted by Crippen LogP contribution is -2.55. The molecular formula is C15H23N3O2S. The van der Waals surface area contributed by atoms with Crippen LogP contribution in [0.1, 0.15) is 54.9 Å². The number of hydrogen-bond acceptors (Lipinski definition) is 4. The second-order valence-corrected chi connectivity index (χ2v) is 7.27. The van der Waals surface area contributed by atoms with Crippen molar-refractivity contribution >= 4 is 23.3 Å². The summed E-state index contributed by atoms with van der Waals surface area (Å²) in [6.07, 6.45) is 4.88. The second kappa shape index (κ2) is 6.56. The Morgan fingerprint density at radius 2 is 2.05 bits per heavy atom. The van der Waals surface area contributed by atoms with E-state index in [9.17, 15) is 9.59 Å². The summed E-state index contributed by atoms with van der Waals surface area (Å²) >= 11 is 1.28. The summed E-state index contributed by atoms with van der Waals surface area (Å²) < 4.78 is 4.07. The van der Waals surface area contributed by atoms with E-state index in [2.05, 4.69) is 15.0 Å². The van der Waals surface area contributed by atoms with Gasteiger partial charge in [0.15, 0.2) is 0 Å². The van der Waals surface area contributed by atoms with Crippen LogP contribution < -0.4 is 10.6 Å². The van der Waals surface area contributed by atoms with Crippen molar-refractivity contribution < 1.29 is 9.59 Å². The van der Waals surface area contributed by atoms with Crippen LogP contribution in [0.15, 0.2) is 6.07 Å². The van der Waals surface area contributed by atoms with Crippen LogP contribution in [0.3, 0.4) is 0 Å². The minimum atomic E-state index is -0.937. The molecule has 1 saturated carbocycles. The van der Waals surface area contributed by atoms with Crippen molar-refractivity contribution in [3.8, 4) is 0 Å². The van der Waals surface area contributed by atoms with E-state index in [1.165, 1.54) is 37.2 Å². The SMILES string of the molecule is Cc1cc(C(=O)NC(C)(C)C(=O)NCC2CCCC2)ns1. The highest BCUT2D eigenvalue weighted by Crippen LogP contribution is 2.23. The third-order valence-corrected chi connectivity index (χ3v) is 4.57. The average Bonchev–Trinajstić information content (AvgIpc) is 3.06. The molecule has 1 aromatic rings. The number of aromatic nitrogens is 1. The summed E-state index contributed by atoms with van der Waals surface area (Å²) in [6, 6.07) is 1.73. The Kier molecular flexibility index (Phi) is 4.98. The summed E-state index contributed by atoms with van der Waals surface area (Å²) in [5, 5.41) is 5.71. The molecule has 0 aliphatic heterocycles. The number of carbonyl (C=O) groups is 2. The Hall–Kier alpha value is -1.43.